The van der Waals surface area contributed by atoms with Crippen LogP contribution in [0, 0.1) is 11.3 Å². The number of benzene rings is 2. The van der Waals surface area contributed by atoms with Crippen molar-refractivity contribution < 1.29 is 37.4 Å². The smallest absolute Gasteiger partial charge is 0.324 e. The minimum atomic E-state index is -3.77. The first-order valence-corrected chi connectivity index (χ1v) is 21.7. The molecule has 15 heteroatoms. The molecule has 1 fully saturated rings. The number of hydrogen-bond donors (Lipinski definition) is 3. The van der Waals surface area contributed by atoms with E-state index < -0.39 is 57.3 Å². The number of methoxy groups -OCH3 is 1. The van der Waals surface area contributed by atoms with Gasteiger partial charge in [0.2, 0.25) is 15.9 Å². The zero-order valence-electron chi connectivity index (χ0n) is 34.7. The van der Waals surface area contributed by atoms with Crippen molar-refractivity contribution in [3.05, 3.63) is 71.5 Å². The fraction of sp³-hybridized carbons (Fsp3) is 0.488. The summed E-state index contributed by atoms with van der Waals surface area (Å²) in [5, 5.41) is 16.3. The number of aromatic nitrogens is 2. The Morgan fingerprint density at radius 2 is 1.91 bits per heavy atom. The monoisotopic (exact) mass is 816 g/mol. The number of nitrogens with one attached hydrogen (secondary N) is 2. The SMILES string of the molecule is CCn1c(-c2cnccc2COC)c2c3cc(ccc31)-c1cc(O)cc(c1)C[C@H](NC(=O)C(C(C)C)N(C)S(C)(=O)=O)C(=O)N1CCC[C@H](N1)C(=O)OCC(C)(C)C2. The average molecular weight is 817 g/mol. The van der Waals surface area contributed by atoms with Gasteiger partial charge in [-0.25, -0.2) is 13.8 Å². The Labute approximate surface area is 340 Å². The summed E-state index contributed by atoms with van der Waals surface area (Å²) in [6.45, 7) is 11.1. The van der Waals surface area contributed by atoms with Crippen molar-refractivity contribution in [1.82, 2.24) is 29.6 Å². The highest BCUT2D eigenvalue weighted by atomic mass is 32.2. The number of ether oxygens (including phenoxy) is 2. The van der Waals surface area contributed by atoms with E-state index in [1.807, 2.05) is 24.4 Å². The van der Waals surface area contributed by atoms with Crippen LogP contribution in [0.15, 0.2) is 54.9 Å². The van der Waals surface area contributed by atoms with Crippen molar-refractivity contribution in [2.45, 2.75) is 91.6 Å². The molecule has 1 saturated heterocycles. The summed E-state index contributed by atoms with van der Waals surface area (Å²) in [6, 6.07) is 10.1. The lowest BCUT2D eigenvalue weighted by atomic mass is 9.84. The van der Waals surface area contributed by atoms with Gasteiger partial charge >= 0.3 is 5.97 Å². The van der Waals surface area contributed by atoms with Gasteiger partial charge in [-0.1, -0.05) is 39.8 Å². The second-order valence-electron chi connectivity index (χ2n) is 16.7. The highest BCUT2D eigenvalue weighted by Crippen LogP contribution is 2.41. The number of carbonyl (C=O) groups excluding carboxylic acids is 3. The number of phenolic OH excluding ortho intramolecular Hbond substituents is 1. The van der Waals surface area contributed by atoms with E-state index in [4.69, 9.17) is 9.47 Å². The summed E-state index contributed by atoms with van der Waals surface area (Å²) < 4.78 is 40.1. The molecule has 2 aromatic heterocycles. The predicted molar refractivity (Wildman–Crippen MR) is 222 cm³/mol. The summed E-state index contributed by atoms with van der Waals surface area (Å²) in [6.07, 6.45) is 6.10. The Hall–Kier alpha value is -4.83. The van der Waals surface area contributed by atoms with Gasteiger partial charge in [-0.2, -0.15) is 4.31 Å². The number of phenols is 1. The Kier molecular flexibility index (Phi) is 12.7. The number of amides is 2. The van der Waals surface area contributed by atoms with Crippen molar-refractivity contribution in [2.24, 2.45) is 11.3 Å². The number of cyclic esters (lactones) is 1. The second-order valence-corrected chi connectivity index (χ2v) is 18.7. The Bertz CT molecular complexity index is 2300. The van der Waals surface area contributed by atoms with Gasteiger partial charge in [0.1, 0.15) is 23.9 Å². The molecule has 58 heavy (non-hydrogen) atoms. The van der Waals surface area contributed by atoms with Crippen molar-refractivity contribution in [3.8, 4) is 28.1 Å². The van der Waals surface area contributed by atoms with Gasteiger partial charge in [0.15, 0.2) is 0 Å². The average Bonchev–Trinajstić information content (AvgIpc) is 3.47. The third kappa shape index (κ3) is 9.07. The van der Waals surface area contributed by atoms with E-state index >= 15 is 0 Å². The van der Waals surface area contributed by atoms with Gasteiger partial charge in [0.05, 0.1) is 25.2 Å². The number of rotatable bonds is 9. The third-order valence-electron chi connectivity index (χ3n) is 11.1. The molecule has 0 aliphatic carbocycles. The normalized spacial score (nSPS) is 19.6. The number of carbonyl (C=O) groups is 3. The van der Waals surface area contributed by atoms with E-state index in [1.54, 1.807) is 39.3 Å². The Morgan fingerprint density at radius 3 is 2.60 bits per heavy atom. The van der Waals surface area contributed by atoms with E-state index in [0.29, 0.717) is 43.5 Å². The van der Waals surface area contributed by atoms with Crippen LogP contribution in [0.4, 0.5) is 0 Å². The molecule has 4 aromatic rings. The van der Waals surface area contributed by atoms with Gasteiger partial charge in [-0.3, -0.25) is 24.4 Å². The summed E-state index contributed by atoms with van der Waals surface area (Å²) >= 11 is 0. The maximum absolute atomic E-state index is 14.4. The van der Waals surface area contributed by atoms with Crippen LogP contribution in [0.3, 0.4) is 0 Å². The molecule has 3 atom stereocenters. The number of fused-ring (bicyclic) bond motifs is 6. The lowest BCUT2D eigenvalue weighted by Crippen LogP contribution is -2.62. The molecular formula is C43H56N6O8S. The zero-order chi connectivity index (χ0) is 42.1. The van der Waals surface area contributed by atoms with E-state index in [2.05, 4.69) is 53.2 Å². The summed E-state index contributed by atoms with van der Waals surface area (Å²) in [5.74, 6) is -2.10. The topological polar surface area (TPSA) is 172 Å². The van der Waals surface area contributed by atoms with E-state index in [1.165, 1.54) is 12.1 Å². The zero-order valence-corrected chi connectivity index (χ0v) is 35.5. The highest BCUT2D eigenvalue weighted by Gasteiger charge is 2.38. The number of esters is 1. The van der Waals surface area contributed by atoms with Crippen molar-refractivity contribution in [2.75, 3.05) is 33.6 Å². The van der Waals surface area contributed by atoms with Crippen LogP contribution in [0.5, 0.6) is 5.75 Å². The van der Waals surface area contributed by atoms with Crippen LogP contribution in [-0.2, 0) is 59.9 Å². The summed E-state index contributed by atoms with van der Waals surface area (Å²) in [4.78, 5) is 46.6. The lowest BCUT2D eigenvalue weighted by Gasteiger charge is -2.36. The van der Waals surface area contributed by atoms with Crippen LogP contribution in [0.25, 0.3) is 33.3 Å². The largest absolute Gasteiger partial charge is 0.508 e. The number of sulfonamides is 1. The molecule has 6 bridgehead atoms. The van der Waals surface area contributed by atoms with Crippen LogP contribution >= 0.6 is 0 Å². The van der Waals surface area contributed by atoms with Gasteiger partial charge in [0.25, 0.3) is 5.91 Å². The Balaban J connectivity index is 1.52. The van der Waals surface area contributed by atoms with Crippen LogP contribution in [-0.4, -0.2) is 102 Å². The second kappa shape index (κ2) is 17.2. The van der Waals surface area contributed by atoms with Crippen LogP contribution in [0.1, 0.15) is 64.2 Å². The van der Waals surface area contributed by atoms with Crippen molar-refractivity contribution in [3.63, 3.8) is 0 Å². The number of hydrogen-bond acceptors (Lipinski definition) is 10. The molecule has 2 aliphatic rings. The molecule has 2 amide bonds. The summed E-state index contributed by atoms with van der Waals surface area (Å²) in [7, 11) is -0.763. The molecule has 4 heterocycles. The molecule has 14 nitrogen and oxygen atoms in total. The van der Waals surface area contributed by atoms with Crippen molar-refractivity contribution in [1.29, 1.82) is 0 Å². The summed E-state index contributed by atoms with van der Waals surface area (Å²) in [5.41, 5.74) is 9.61. The lowest BCUT2D eigenvalue weighted by molar-refractivity contribution is -0.155. The van der Waals surface area contributed by atoms with Crippen LogP contribution in [0.2, 0.25) is 0 Å². The van der Waals surface area contributed by atoms with Gasteiger partial charge in [0, 0.05) is 67.9 Å². The number of hydrazine groups is 1. The van der Waals surface area contributed by atoms with Gasteiger partial charge in [-0.15, -0.1) is 0 Å². The number of nitrogens with zero attached hydrogens (tertiary/aromatic N) is 4. The number of pyridine rings is 1. The standard InChI is InChI=1S/C43H56N6O8S/c1-9-48-37-13-12-28-21-32(37)33(39(48)34-23-44-15-14-29(34)24-56-7)22-43(4,5)25-57-42(53)35-11-10-16-49(46-35)41(52)36(19-27-17-30(28)20-31(50)18-27)45-40(51)38(26(2)3)47(6)58(8,54)55/h12-15,17-18,20-21,23,26,35-36,38,46,50H,9-11,16,19,22,24-25H2,1-8H3,(H,45,51)/t35-,36-,38?/m0/s1. The first-order valence-electron chi connectivity index (χ1n) is 19.8. The quantitative estimate of drug-likeness (QED) is 0.199. The van der Waals surface area contributed by atoms with Gasteiger partial charge in [-0.05, 0) is 90.3 Å². The molecular weight excluding hydrogens is 761 g/mol. The first-order chi connectivity index (χ1) is 27.4. The number of aryl methyl sites for hydroxylation is 1. The molecule has 3 N–H and O–H groups in total. The molecule has 0 saturated carbocycles. The first kappa shape index (κ1) is 42.8. The fourth-order valence-electron chi connectivity index (χ4n) is 8.28. The molecule has 6 rings (SSSR count). The maximum atomic E-state index is 14.4. The van der Waals surface area contributed by atoms with E-state index in [9.17, 15) is 27.9 Å². The molecule has 0 spiro atoms. The molecule has 2 aliphatic heterocycles. The highest BCUT2D eigenvalue weighted by molar-refractivity contribution is 7.88. The van der Waals surface area contributed by atoms with E-state index in [0.717, 1.165) is 49.4 Å². The van der Waals surface area contributed by atoms with Crippen LogP contribution < -0.4 is 10.7 Å². The van der Waals surface area contributed by atoms with Crippen molar-refractivity contribution >= 4 is 38.7 Å². The molecule has 0 radical (unpaired) electrons. The third-order valence-corrected chi connectivity index (χ3v) is 12.4. The van der Waals surface area contributed by atoms with E-state index in [-0.39, 0.29) is 25.3 Å². The Morgan fingerprint density at radius 1 is 1.16 bits per heavy atom. The molecule has 1 unspecified atom stereocenters. The minimum Gasteiger partial charge on any atom is -0.508 e. The minimum absolute atomic E-state index is 0.0250. The maximum Gasteiger partial charge on any atom is 0.324 e. The fourth-order valence-corrected chi connectivity index (χ4v) is 9.03. The van der Waals surface area contributed by atoms with Gasteiger partial charge < -0.3 is 24.5 Å². The molecule has 2 aromatic carbocycles. The molecule has 312 valence electrons. The predicted octanol–water partition coefficient (Wildman–Crippen LogP) is 4.81. The number of likely N-dealkylation sites (N-methyl/N-ethyl adjacent to an activating group) is 1. The number of aromatic hydroxyl groups is 1.